The molecule has 0 saturated heterocycles. The molecule has 0 aliphatic rings. The Morgan fingerprint density at radius 1 is 1.39 bits per heavy atom. The zero-order valence-corrected chi connectivity index (χ0v) is 11.0. The average Bonchev–Trinajstić information content (AvgIpc) is 2.26. The molecule has 1 unspecified atom stereocenters. The van der Waals surface area contributed by atoms with Crippen LogP contribution in [0, 0.1) is 5.92 Å². The third-order valence-corrected chi connectivity index (χ3v) is 2.72. The summed E-state index contributed by atoms with van der Waals surface area (Å²) in [5.41, 5.74) is 0.816. The zero-order valence-electron chi connectivity index (χ0n) is 11.0. The van der Waals surface area contributed by atoms with Gasteiger partial charge in [0.05, 0.1) is 12.0 Å². The van der Waals surface area contributed by atoms with Crippen LogP contribution in [0.3, 0.4) is 0 Å². The third-order valence-electron chi connectivity index (χ3n) is 2.72. The third kappa shape index (κ3) is 3.95. The van der Waals surface area contributed by atoms with Crippen molar-refractivity contribution in [2.75, 3.05) is 0 Å². The van der Waals surface area contributed by atoms with Crippen LogP contribution in [0.15, 0.2) is 18.2 Å². The molecule has 0 saturated carbocycles. The predicted molar refractivity (Wildman–Crippen MR) is 69.0 cm³/mol. The highest BCUT2D eigenvalue weighted by molar-refractivity contribution is 5.70. The van der Waals surface area contributed by atoms with Gasteiger partial charge in [-0.25, -0.2) is 0 Å². The average molecular weight is 252 g/mol. The van der Waals surface area contributed by atoms with Crippen LogP contribution >= 0.6 is 0 Å². The molecule has 0 aliphatic heterocycles. The first-order valence-electron chi connectivity index (χ1n) is 6.15. The van der Waals surface area contributed by atoms with Gasteiger partial charge in [0.15, 0.2) is 0 Å². The van der Waals surface area contributed by atoms with E-state index in [1.54, 1.807) is 12.1 Å². The van der Waals surface area contributed by atoms with Crippen LogP contribution in [0.5, 0.6) is 11.5 Å². The first kappa shape index (κ1) is 14.4. The summed E-state index contributed by atoms with van der Waals surface area (Å²) in [5.74, 6) is -0.549. The predicted octanol–water partition coefficient (Wildman–Crippen LogP) is 2.83. The van der Waals surface area contributed by atoms with Crippen molar-refractivity contribution in [3.05, 3.63) is 23.8 Å². The van der Waals surface area contributed by atoms with E-state index in [-0.39, 0.29) is 11.9 Å². The van der Waals surface area contributed by atoms with Gasteiger partial charge >= 0.3 is 5.97 Å². The highest BCUT2D eigenvalue weighted by Crippen LogP contribution is 2.28. The van der Waals surface area contributed by atoms with Crippen molar-refractivity contribution >= 4 is 5.97 Å². The van der Waals surface area contributed by atoms with Crippen LogP contribution in [0.2, 0.25) is 0 Å². The van der Waals surface area contributed by atoms with Gasteiger partial charge in [0, 0.05) is 6.07 Å². The highest BCUT2D eigenvalue weighted by Gasteiger charge is 2.18. The van der Waals surface area contributed by atoms with E-state index in [9.17, 15) is 9.90 Å². The monoisotopic (exact) mass is 252 g/mol. The molecule has 1 rings (SSSR count). The number of aromatic hydroxyl groups is 1. The maximum absolute atomic E-state index is 11.0. The van der Waals surface area contributed by atoms with Gasteiger partial charge < -0.3 is 14.9 Å². The van der Waals surface area contributed by atoms with Crippen molar-refractivity contribution in [1.29, 1.82) is 0 Å². The molecule has 4 nitrogen and oxygen atoms in total. The summed E-state index contributed by atoms with van der Waals surface area (Å²) in [5, 5.41) is 18.5. The van der Waals surface area contributed by atoms with Crippen LogP contribution in [0.25, 0.3) is 0 Å². The molecule has 0 bridgehead atoms. The van der Waals surface area contributed by atoms with Gasteiger partial charge in [-0.2, -0.15) is 0 Å². The van der Waals surface area contributed by atoms with Gasteiger partial charge in [-0.3, -0.25) is 4.79 Å². The van der Waals surface area contributed by atoms with E-state index in [0.29, 0.717) is 18.6 Å². The molecular weight excluding hydrogens is 232 g/mol. The number of phenols is 1. The SMILES string of the molecule is CCC(Cc1ccc(O)cc1OC(C)C)C(=O)O. The van der Waals surface area contributed by atoms with Crippen molar-refractivity contribution in [3.8, 4) is 11.5 Å². The Hall–Kier alpha value is -1.71. The number of rotatable bonds is 6. The number of aliphatic carboxylic acids is 1. The van der Waals surface area contributed by atoms with Gasteiger partial charge in [0.2, 0.25) is 0 Å². The molecule has 0 fully saturated rings. The van der Waals surface area contributed by atoms with Gasteiger partial charge in [0.1, 0.15) is 11.5 Å². The maximum atomic E-state index is 11.0. The summed E-state index contributed by atoms with van der Waals surface area (Å²) in [4.78, 5) is 11.0. The summed E-state index contributed by atoms with van der Waals surface area (Å²) in [7, 11) is 0. The molecule has 1 atom stereocenters. The number of benzene rings is 1. The molecule has 0 heterocycles. The van der Waals surface area contributed by atoms with Crippen LogP contribution in [0.1, 0.15) is 32.8 Å². The van der Waals surface area contributed by atoms with E-state index >= 15 is 0 Å². The summed E-state index contributed by atoms with van der Waals surface area (Å²) in [6.45, 7) is 5.63. The van der Waals surface area contributed by atoms with Gasteiger partial charge in [-0.1, -0.05) is 13.0 Å². The van der Waals surface area contributed by atoms with Gasteiger partial charge in [-0.05, 0) is 38.3 Å². The summed E-state index contributed by atoms with van der Waals surface area (Å²) < 4.78 is 5.60. The lowest BCUT2D eigenvalue weighted by Crippen LogP contribution is -2.16. The largest absolute Gasteiger partial charge is 0.508 e. The number of carboxylic acid groups (broad SMARTS) is 1. The standard InChI is InChI=1S/C14H20O4/c1-4-10(14(16)17)7-11-5-6-12(15)8-13(11)18-9(2)3/h5-6,8-10,15H,4,7H2,1-3H3,(H,16,17). The summed E-state index contributed by atoms with van der Waals surface area (Å²) in [6.07, 6.45) is 0.960. The topological polar surface area (TPSA) is 66.8 Å². The van der Waals surface area contributed by atoms with Crippen LogP contribution in [-0.2, 0) is 11.2 Å². The highest BCUT2D eigenvalue weighted by atomic mass is 16.5. The van der Waals surface area contributed by atoms with Crippen LogP contribution in [-0.4, -0.2) is 22.3 Å². The van der Waals surface area contributed by atoms with Gasteiger partial charge in [-0.15, -0.1) is 0 Å². The second kappa shape index (κ2) is 6.28. The Morgan fingerprint density at radius 2 is 2.06 bits per heavy atom. The molecule has 18 heavy (non-hydrogen) atoms. The number of hydrogen-bond acceptors (Lipinski definition) is 3. The quantitative estimate of drug-likeness (QED) is 0.817. The lowest BCUT2D eigenvalue weighted by Gasteiger charge is -2.17. The van der Waals surface area contributed by atoms with E-state index in [2.05, 4.69) is 0 Å². The molecule has 4 heteroatoms. The molecular formula is C14H20O4. The second-order valence-corrected chi connectivity index (χ2v) is 4.61. The Morgan fingerprint density at radius 3 is 2.56 bits per heavy atom. The Balaban J connectivity index is 2.96. The Bertz CT molecular complexity index is 412. The fourth-order valence-corrected chi connectivity index (χ4v) is 1.75. The molecule has 2 N–H and O–H groups in total. The van der Waals surface area contributed by atoms with E-state index in [1.807, 2.05) is 20.8 Å². The van der Waals surface area contributed by atoms with E-state index in [1.165, 1.54) is 6.07 Å². The van der Waals surface area contributed by atoms with Crippen molar-refractivity contribution in [2.24, 2.45) is 5.92 Å². The molecule has 1 aromatic rings. The zero-order chi connectivity index (χ0) is 13.7. The van der Waals surface area contributed by atoms with Crippen molar-refractivity contribution < 1.29 is 19.7 Å². The Kier molecular flexibility index (Phi) is 5.01. The second-order valence-electron chi connectivity index (χ2n) is 4.61. The summed E-state index contributed by atoms with van der Waals surface area (Å²) >= 11 is 0. The van der Waals surface area contributed by atoms with Crippen molar-refractivity contribution in [2.45, 2.75) is 39.7 Å². The van der Waals surface area contributed by atoms with E-state index in [0.717, 1.165) is 5.56 Å². The number of hydrogen-bond donors (Lipinski definition) is 2. The first-order valence-corrected chi connectivity index (χ1v) is 6.15. The molecule has 0 amide bonds. The molecule has 1 aromatic carbocycles. The normalized spacial score (nSPS) is 12.4. The maximum Gasteiger partial charge on any atom is 0.306 e. The summed E-state index contributed by atoms with van der Waals surface area (Å²) in [6, 6.07) is 4.81. The fraction of sp³-hybridized carbons (Fsp3) is 0.500. The number of carbonyl (C=O) groups is 1. The molecule has 100 valence electrons. The van der Waals surface area contributed by atoms with Gasteiger partial charge in [0.25, 0.3) is 0 Å². The lowest BCUT2D eigenvalue weighted by atomic mass is 9.96. The molecule has 0 aromatic heterocycles. The van der Waals surface area contributed by atoms with E-state index < -0.39 is 11.9 Å². The van der Waals surface area contributed by atoms with Crippen molar-refractivity contribution in [3.63, 3.8) is 0 Å². The number of carboxylic acids is 1. The van der Waals surface area contributed by atoms with Crippen LogP contribution < -0.4 is 4.74 Å². The lowest BCUT2D eigenvalue weighted by molar-refractivity contribution is -0.141. The van der Waals surface area contributed by atoms with Crippen molar-refractivity contribution in [1.82, 2.24) is 0 Å². The minimum Gasteiger partial charge on any atom is -0.508 e. The van der Waals surface area contributed by atoms with Crippen LogP contribution in [0.4, 0.5) is 0 Å². The molecule has 0 radical (unpaired) electrons. The minimum absolute atomic E-state index is 0.0181. The molecule has 0 spiro atoms. The minimum atomic E-state index is -0.805. The first-order chi connectivity index (χ1) is 8.43. The number of phenolic OH excluding ortho intramolecular Hbond substituents is 1. The number of ether oxygens (including phenoxy) is 1. The van der Waals surface area contributed by atoms with E-state index in [4.69, 9.17) is 9.84 Å². The fourth-order valence-electron chi connectivity index (χ4n) is 1.75. The Labute approximate surface area is 107 Å². The smallest absolute Gasteiger partial charge is 0.306 e. The molecule has 0 aliphatic carbocycles.